The van der Waals surface area contributed by atoms with Gasteiger partial charge in [0.1, 0.15) is 12.2 Å². The molecule has 0 saturated carbocycles. The first-order valence-corrected chi connectivity index (χ1v) is 8.15. The number of rotatable bonds is 4. The van der Waals surface area contributed by atoms with E-state index in [1.54, 1.807) is 17.1 Å². The molecule has 8 heteroatoms. The van der Waals surface area contributed by atoms with Crippen LogP contribution in [-0.2, 0) is 16.7 Å². The van der Waals surface area contributed by atoms with Crippen LogP contribution in [0.25, 0.3) is 0 Å². The van der Waals surface area contributed by atoms with E-state index in [0.29, 0.717) is 12.2 Å². The SMILES string of the molecule is CC(C)(C)c1n[nH]c([C@@H]2CN(CCn3cc(C#N)cn3)CCO2)n1. The maximum absolute atomic E-state index is 8.84. The smallest absolute Gasteiger partial charge is 0.156 e. The number of ether oxygens (including phenoxy) is 1. The van der Waals surface area contributed by atoms with Crippen molar-refractivity contribution in [3.63, 3.8) is 0 Å². The molecule has 0 radical (unpaired) electrons. The van der Waals surface area contributed by atoms with E-state index in [0.717, 1.165) is 37.8 Å². The molecule has 1 fully saturated rings. The molecule has 0 amide bonds. The van der Waals surface area contributed by atoms with Crippen LogP contribution < -0.4 is 0 Å². The van der Waals surface area contributed by atoms with Gasteiger partial charge in [0.15, 0.2) is 11.6 Å². The lowest BCUT2D eigenvalue weighted by Crippen LogP contribution is -2.40. The summed E-state index contributed by atoms with van der Waals surface area (Å²) in [4.78, 5) is 6.92. The third-order valence-corrected chi connectivity index (χ3v) is 4.04. The van der Waals surface area contributed by atoms with Crippen molar-refractivity contribution < 1.29 is 4.74 Å². The van der Waals surface area contributed by atoms with Crippen molar-refractivity contribution >= 4 is 0 Å². The summed E-state index contributed by atoms with van der Waals surface area (Å²) < 4.78 is 7.65. The van der Waals surface area contributed by atoms with Crippen LogP contribution in [-0.4, -0.2) is 56.1 Å². The van der Waals surface area contributed by atoms with E-state index in [4.69, 9.17) is 10.00 Å². The van der Waals surface area contributed by atoms with Gasteiger partial charge in [-0.05, 0) is 0 Å². The van der Waals surface area contributed by atoms with Crippen molar-refractivity contribution in [3.05, 3.63) is 29.6 Å². The van der Waals surface area contributed by atoms with Gasteiger partial charge >= 0.3 is 0 Å². The van der Waals surface area contributed by atoms with Crippen LogP contribution in [0, 0.1) is 11.3 Å². The largest absolute Gasteiger partial charge is 0.368 e. The quantitative estimate of drug-likeness (QED) is 0.907. The van der Waals surface area contributed by atoms with Crippen LogP contribution in [0.15, 0.2) is 12.4 Å². The molecule has 1 aliphatic rings. The fourth-order valence-corrected chi connectivity index (χ4v) is 2.61. The van der Waals surface area contributed by atoms with E-state index in [2.05, 4.69) is 52.0 Å². The number of aromatic amines is 1. The minimum absolute atomic E-state index is 0.0817. The molecule has 1 N–H and O–H groups in total. The van der Waals surface area contributed by atoms with E-state index in [1.807, 2.05) is 0 Å². The number of hydrogen-bond acceptors (Lipinski definition) is 6. The number of nitrogens with zero attached hydrogens (tertiary/aromatic N) is 6. The van der Waals surface area contributed by atoms with Gasteiger partial charge in [0.05, 0.1) is 24.9 Å². The molecule has 1 saturated heterocycles. The highest BCUT2D eigenvalue weighted by Gasteiger charge is 2.27. The van der Waals surface area contributed by atoms with E-state index in [1.165, 1.54) is 0 Å². The van der Waals surface area contributed by atoms with Gasteiger partial charge in [0.2, 0.25) is 0 Å². The normalized spacial score (nSPS) is 19.3. The van der Waals surface area contributed by atoms with Gasteiger partial charge in [-0.3, -0.25) is 14.7 Å². The zero-order valence-corrected chi connectivity index (χ0v) is 14.4. The Bertz CT molecular complexity index is 721. The number of H-pyrrole nitrogens is 1. The summed E-state index contributed by atoms with van der Waals surface area (Å²) in [5.74, 6) is 1.59. The monoisotopic (exact) mass is 329 g/mol. The van der Waals surface area contributed by atoms with Crippen molar-refractivity contribution in [1.82, 2.24) is 29.9 Å². The summed E-state index contributed by atoms with van der Waals surface area (Å²) >= 11 is 0. The van der Waals surface area contributed by atoms with Crippen molar-refractivity contribution in [1.29, 1.82) is 5.26 Å². The molecule has 0 aromatic carbocycles. The molecular formula is C16H23N7O. The van der Waals surface area contributed by atoms with Gasteiger partial charge in [-0.25, -0.2) is 4.98 Å². The predicted molar refractivity (Wildman–Crippen MR) is 87.2 cm³/mol. The molecule has 0 spiro atoms. The molecule has 0 aliphatic carbocycles. The highest BCUT2D eigenvalue weighted by atomic mass is 16.5. The zero-order valence-electron chi connectivity index (χ0n) is 14.4. The molecule has 0 bridgehead atoms. The molecule has 3 heterocycles. The highest BCUT2D eigenvalue weighted by molar-refractivity contribution is 5.21. The summed E-state index contributed by atoms with van der Waals surface area (Å²) in [6, 6.07) is 2.09. The molecule has 0 unspecified atom stereocenters. The lowest BCUT2D eigenvalue weighted by atomic mass is 9.96. The van der Waals surface area contributed by atoms with Crippen molar-refractivity contribution in [2.75, 3.05) is 26.2 Å². The summed E-state index contributed by atoms with van der Waals surface area (Å²) in [7, 11) is 0. The topological polar surface area (TPSA) is 95.7 Å². The molecule has 2 aromatic rings. The summed E-state index contributed by atoms with van der Waals surface area (Å²) in [6.45, 7) is 10.2. The zero-order chi connectivity index (χ0) is 17.2. The Kier molecular flexibility index (Phi) is 4.64. The summed E-state index contributed by atoms with van der Waals surface area (Å²) in [5.41, 5.74) is 0.507. The standard InChI is InChI=1S/C16H23N7O/c1-16(2,3)15-19-14(20-21-15)13-11-22(6-7-24-13)4-5-23-10-12(8-17)9-18-23/h9-10,13H,4-7,11H2,1-3H3,(H,19,20,21)/t13-/m0/s1. The van der Waals surface area contributed by atoms with Crippen molar-refractivity contribution in [2.45, 2.75) is 38.8 Å². The third-order valence-electron chi connectivity index (χ3n) is 4.04. The Morgan fingerprint density at radius 2 is 2.25 bits per heavy atom. The number of morpholine rings is 1. The van der Waals surface area contributed by atoms with Crippen LogP contribution in [0.2, 0.25) is 0 Å². The van der Waals surface area contributed by atoms with Crippen molar-refractivity contribution in [2.24, 2.45) is 0 Å². The van der Waals surface area contributed by atoms with E-state index in [9.17, 15) is 0 Å². The maximum atomic E-state index is 8.84. The minimum Gasteiger partial charge on any atom is -0.368 e. The van der Waals surface area contributed by atoms with Crippen LogP contribution in [0.1, 0.15) is 44.1 Å². The number of nitrogens with one attached hydrogen (secondary N) is 1. The molecule has 3 rings (SSSR count). The Morgan fingerprint density at radius 3 is 2.92 bits per heavy atom. The van der Waals surface area contributed by atoms with Crippen molar-refractivity contribution in [3.8, 4) is 6.07 Å². The van der Waals surface area contributed by atoms with Crippen LogP contribution in [0.4, 0.5) is 0 Å². The third kappa shape index (κ3) is 3.80. The molecular weight excluding hydrogens is 306 g/mol. The molecule has 2 aromatic heterocycles. The second-order valence-corrected chi connectivity index (χ2v) is 7.06. The average molecular weight is 329 g/mol. The predicted octanol–water partition coefficient (Wildman–Crippen LogP) is 1.24. The fraction of sp³-hybridized carbons (Fsp3) is 0.625. The second kappa shape index (κ2) is 6.71. The second-order valence-electron chi connectivity index (χ2n) is 7.06. The first-order valence-electron chi connectivity index (χ1n) is 8.15. The van der Waals surface area contributed by atoms with E-state index in [-0.39, 0.29) is 11.5 Å². The van der Waals surface area contributed by atoms with E-state index < -0.39 is 0 Å². The Labute approximate surface area is 141 Å². The number of nitriles is 1. The van der Waals surface area contributed by atoms with Gasteiger partial charge < -0.3 is 4.74 Å². The molecule has 24 heavy (non-hydrogen) atoms. The lowest BCUT2D eigenvalue weighted by molar-refractivity contribution is -0.0352. The average Bonchev–Trinajstić information content (AvgIpc) is 3.22. The molecule has 1 aliphatic heterocycles. The lowest BCUT2D eigenvalue weighted by Gasteiger charge is -2.31. The number of hydrogen-bond donors (Lipinski definition) is 1. The van der Waals surface area contributed by atoms with Gasteiger partial charge in [0.25, 0.3) is 0 Å². The molecule has 128 valence electrons. The molecule has 1 atom stereocenters. The molecule has 8 nitrogen and oxygen atoms in total. The first-order chi connectivity index (χ1) is 11.5. The van der Waals surface area contributed by atoms with Gasteiger partial charge in [-0.1, -0.05) is 20.8 Å². The van der Waals surface area contributed by atoms with Crippen LogP contribution in [0.5, 0.6) is 0 Å². The Balaban J connectivity index is 1.58. The Hall–Kier alpha value is -2.24. The first kappa shape index (κ1) is 16.6. The van der Waals surface area contributed by atoms with Crippen LogP contribution in [0.3, 0.4) is 0 Å². The van der Waals surface area contributed by atoms with Gasteiger partial charge in [-0.15, -0.1) is 0 Å². The minimum atomic E-state index is -0.0883. The summed E-state index contributed by atoms with van der Waals surface area (Å²) in [5, 5.41) is 20.4. The van der Waals surface area contributed by atoms with E-state index >= 15 is 0 Å². The summed E-state index contributed by atoms with van der Waals surface area (Å²) in [6.07, 6.45) is 3.27. The number of aromatic nitrogens is 5. The van der Waals surface area contributed by atoms with Gasteiger partial charge in [-0.2, -0.15) is 15.5 Å². The maximum Gasteiger partial charge on any atom is 0.156 e. The van der Waals surface area contributed by atoms with Crippen LogP contribution >= 0.6 is 0 Å². The van der Waals surface area contributed by atoms with Gasteiger partial charge in [0, 0.05) is 31.2 Å². The Morgan fingerprint density at radius 1 is 1.42 bits per heavy atom. The fourth-order valence-electron chi connectivity index (χ4n) is 2.61. The highest BCUT2D eigenvalue weighted by Crippen LogP contribution is 2.23.